The van der Waals surface area contributed by atoms with E-state index in [1.807, 2.05) is 90.1 Å². The van der Waals surface area contributed by atoms with Crippen molar-refractivity contribution in [3.8, 4) is 0 Å². The lowest BCUT2D eigenvalue weighted by atomic mass is 9.92. The van der Waals surface area contributed by atoms with E-state index in [-0.39, 0.29) is 119 Å². The molecule has 0 unspecified atom stereocenters. The molecule has 24 heteroatoms. The molecule has 2 fully saturated rings. The van der Waals surface area contributed by atoms with Crippen LogP contribution < -0.4 is 32.3 Å². The van der Waals surface area contributed by atoms with Crippen LogP contribution in [0.3, 0.4) is 0 Å². The molecule has 4 aromatic carbocycles. The molecule has 91 heavy (non-hydrogen) atoms. The number of benzene rings is 4. The topological polar surface area (TPSA) is 280 Å². The van der Waals surface area contributed by atoms with Gasteiger partial charge in [0, 0.05) is 106 Å². The molecule has 22 nitrogen and oxygen atoms in total. The highest BCUT2D eigenvalue weighted by Gasteiger charge is 2.39. The molecular weight excluding hydrogens is 1210 g/mol. The van der Waals surface area contributed by atoms with Gasteiger partial charge in [0.15, 0.2) is 0 Å². The van der Waals surface area contributed by atoms with Crippen LogP contribution in [0.5, 0.6) is 0 Å². The Morgan fingerprint density at radius 1 is 0.560 bits per heavy atom. The summed E-state index contributed by atoms with van der Waals surface area (Å²) in [6, 6.07) is 21.7. The highest BCUT2D eigenvalue weighted by molar-refractivity contribution is 6.31. The summed E-state index contributed by atoms with van der Waals surface area (Å²) < 4.78 is 16.8. The number of anilines is 2. The van der Waals surface area contributed by atoms with Crippen molar-refractivity contribution in [1.82, 2.24) is 35.6 Å². The summed E-state index contributed by atoms with van der Waals surface area (Å²) in [5.41, 5.74) is 11.4. The fraction of sp³-hybridized carbons (Fsp3) is 0.507. The van der Waals surface area contributed by atoms with Crippen molar-refractivity contribution in [1.29, 1.82) is 0 Å². The number of alkyl carbamates (subject to hydrolysis) is 1. The van der Waals surface area contributed by atoms with E-state index in [1.54, 1.807) is 67.0 Å². The minimum atomic E-state index is -1.07. The number of carbonyl (C=O) groups excluding carboxylic acids is 9. The van der Waals surface area contributed by atoms with Crippen molar-refractivity contribution in [3.63, 3.8) is 0 Å². The van der Waals surface area contributed by atoms with Gasteiger partial charge >= 0.3 is 6.09 Å². The first-order valence-corrected chi connectivity index (χ1v) is 31.9. The average Bonchev–Trinajstić information content (AvgIpc) is 1.07. The summed E-state index contributed by atoms with van der Waals surface area (Å²) in [5.74, 6) is -2.75. The molecule has 0 spiro atoms. The van der Waals surface area contributed by atoms with Gasteiger partial charge < -0.3 is 66.1 Å². The van der Waals surface area contributed by atoms with Gasteiger partial charge in [-0.05, 0) is 151 Å². The number of hydrogen-bond acceptors (Lipinski definition) is 13. The zero-order chi connectivity index (χ0) is 66.3. The minimum Gasteiger partial charge on any atom is -0.444 e. The molecule has 4 aromatic rings. The third-order valence-electron chi connectivity index (χ3n) is 16.1. The molecular formula is C67H88Cl2N10O12. The number of nitrogens with two attached hydrogens (primary N) is 1. The SMILES string of the molecule is Cc1cc(NC(=O)[C@H](CCN)NC(=O)[C@@H]2Cc3ccccc3CN2C(=O)CCC(=O)N2C[C@@H](C)O[C@@H](C)C2)ccc1Cl.Cc1cc(NC(=O)[C@H](CCNC(=O)OC(C)(C)C)NC(=O)[C@@H]2Cc3ccccc3CN2C(=O)CCC(=O)N2C[C@@H](C)O[C@@H](C)C2)ccc1Cl. The van der Waals surface area contributed by atoms with Crippen molar-refractivity contribution >= 4 is 87.9 Å². The van der Waals surface area contributed by atoms with E-state index in [4.69, 9.17) is 43.1 Å². The van der Waals surface area contributed by atoms with Crippen LogP contribution in [-0.4, -0.2) is 166 Å². The summed E-state index contributed by atoms with van der Waals surface area (Å²) in [7, 11) is 0. The van der Waals surface area contributed by atoms with Gasteiger partial charge in [-0.1, -0.05) is 71.7 Å². The molecule has 0 aromatic heterocycles. The first-order valence-electron chi connectivity index (χ1n) is 31.2. The molecule has 4 heterocycles. The standard InChI is InChI=1S/C36H48ClN5O7.C31H40ClN5O5/c1-22-17-27(11-12-28(22)37)39-33(45)29(15-16-38-35(47)49-36(4,5)6)40-34(46)30-18-25-9-7-8-10-26(25)21-42(30)32(44)14-13-31(43)41-19-23(2)48-24(3)20-41;1-19-14-24(8-9-25(19)32)34-30(40)26(12-13-33)35-31(41)27-15-22-6-4-5-7-23(22)18-37(27)29(39)11-10-28(38)36-16-20(2)42-21(3)17-36/h7-12,17,23-24,29-30H,13-16,18-21H2,1-6H3,(H,38,47)(H,39,45)(H,40,46);4-9,14,20-21,26-27H,10-13,15-18,33H2,1-3H3,(H,34,40)(H,35,41)/t23-,24+,29-,30-;20-,21+,26-,27-/m00/s1. The summed E-state index contributed by atoms with van der Waals surface area (Å²) in [6.07, 6.45) is -0.209. The molecule has 9 amide bonds. The van der Waals surface area contributed by atoms with E-state index in [9.17, 15) is 43.2 Å². The molecule has 0 aliphatic carbocycles. The van der Waals surface area contributed by atoms with E-state index >= 15 is 0 Å². The van der Waals surface area contributed by atoms with Gasteiger partial charge in [-0.2, -0.15) is 0 Å². The van der Waals surface area contributed by atoms with Gasteiger partial charge in [0.25, 0.3) is 0 Å². The summed E-state index contributed by atoms with van der Waals surface area (Å²) in [6.45, 7) is 19.1. The number of nitrogens with zero attached hydrogens (tertiary/aromatic N) is 4. The second-order valence-electron chi connectivity index (χ2n) is 25.0. The summed E-state index contributed by atoms with van der Waals surface area (Å²) in [5, 5.41) is 15.1. The van der Waals surface area contributed by atoms with Gasteiger partial charge in [-0.15, -0.1) is 0 Å². The third-order valence-corrected chi connectivity index (χ3v) is 16.9. The number of amides is 9. The predicted octanol–water partition coefficient (Wildman–Crippen LogP) is 7.15. The van der Waals surface area contributed by atoms with Crippen molar-refractivity contribution in [2.75, 3.05) is 49.9 Å². The Bertz CT molecular complexity index is 3270. The Balaban J connectivity index is 0.000000261. The number of rotatable bonds is 19. The predicted molar refractivity (Wildman–Crippen MR) is 347 cm³/mol. The monoisotopic (exact) mass is 1290 g/mol. The number of hydrogen-bond donors (Lipinski definition) is 6. The Hall–Kier alpha value is -7.63. The van der Waals surface area contributed by atoms with Gasteiger partial charge in [-0.3, -0.25) is 38.4 Å². The smallest absolute Gasteiger partial charge is 0.407 e. The summed E-state index contributed by atoms with van der Waals surface area (Å²) in [4.78, 5) is 126. The number of halogens is 2. The lowest BCUT2D eigenvalue weighted by Gasteiger charge is -2.37. The normalized spacial score (nSPS) is 20.2. The van der Waals surface area contributed by atoms with Crippen LogP contribution in [0.15, 0.2) is 84.9 Å². The van der Waals surface area contributed by atoms with Gasteiger partial charge in [0.05, 0.1) is 24.4 Å². The van der Waals surface area contributed by atoms with Gasteiger partial charge in [0.1, 0.15) is 29.8 Å². The third kappa shape index (κ3) is 20.7. The first kappa shape index (κ1) is 70.8. The van der Waals surface area contributed by atoms with E-state index in [0.717, 1.165) is 33.4 Å². The maximum atomic E-state index is 14.0. The number of ether oxygens (including phenoxy) is 3. The molecule has 2 saturated heterocycles. The second-order valence-corrected chi connectivity index (χ2v) is 25.8. The van der Waals surface area contributed by atoms with E-state index in [0.29, 0.717) is 54.0 Å². The molecule has 7 N–H and O–H groups in total. The van der Waals surface area contributed by atoms with Crippen LogP contribution in [0.25, 0.3) is 0 Å². The zero-order valence-electron chi connectivity index (χ0n) is 53.5. The number of nitrogens with one attached hydrogen (secondary N) is 5. The van der Waals surface area contributed by atoms with Crippen LogP contribution in [0.2, 0.25) is 10.0 Å². The second kappa shape index (κ2) is 32.6. The van der Waals surface area contributed by atoms with E-state index in [2.05, 4.69) is 26.6 Å². The lowest BCUT2D eigenvalue weighted by molar-refractivity contribution is -0.147. The van der Waals surface area contributed by atoms with Crippen molar-refractivity contribution in [2.45, 2.75) is 181 Å². The molecule has 0 saturated carbocycles. The molecule has 4 aliphatic heterocycles. The fourth-order valence-electron chi connectivity index (χ4n) is 11.6. The molecule has 4 aliphatic rings. The maximum Gasteiger partial charge on any atom is 0.407 e. The molecule has 0 bridgehead atoms. The number of fused-ring (bicyclic) bond motifs is 2. The highest BCUT2D eigenvalue weighted by Crippen LogP contribution is 2.28. The molecule has 8 rings (SSSR count). The van der Waals surface area contributed by atoms with E-state index in [1.165, 1.54) is 9.80 Å². The molecule has 492 valence electrons. The van der Waals surface area contributed by atoms with Gasteiger partial charge in [-0.25, -0.2) is 4.79 Å². The van der Waals surface area contributed by atoms with Gasteiger partial charge in [0.2, 0.25) is 47.3 Å². The Kier molecular flexibility index (Phi) is 25.4. The van der Waals surface area contributed by atoms with Crippen molar-refractivity contribution in [2.24, 2.45) is 5.73 Å². The average molecular weight is 1300 g/mol. The van der Waals surface area contributed by atoms with Crippen LogP contribution in [-0.2, 0) is 78.5 Å². The maximum absolute atomic E-state index is 14.0. The van der Waals surface area contributed by atoms with Crippen molar-refractivity contribution in [3.05, 3.63) is 128 Å². The molecule has 0 radical (unpaired) electrons. The Labute approximate surface area is 543 Å². The zero-order valence-corrected chi connectivity index (χ0v) is 55.0. The largest absolute Gasteiger partial charge is 0.444 e. The fourth-order valence-corrected chi connectivity index (χ4v) is 11.8. The lowest BCUT2D eigenvalue weighted by Crippen LogP contribution is -2.56. The molecule has 8 atom stereocenters. The van der Waals surface area contributed by atoms with E-state index < -0.39 is 59.5 Å². The van der Waals surface area contributed by atoms with Crippen LogP contribution in [0.1, 0.15) is 120 Å². The minimum absolute atomic E-state index is 0.00658. The number of aryl methyl sites for hydroxylation is 2. The van der Waals surface area contributed by atoms with Crippen molar-refractivity contribution < 1.29 is 57.4 Å². The number of carbonyl (C=O) groups is 9. The highest BCUT2D eigenvalue weighted by atomic mass is 35.5. The first-order chi connectivity index (χ1) is 43.1. The van der Waals surface area contributed by atoms with Crippen LogP contribution in [0.4, 0.5) is 16.2 Å². The van der Waals surface area contributed by atoms with Crippen LogP contribution >= 0.6 is 23.2 Å². The summed E-state index contributed by atoms with van der Waals surface area (Å²) >= 11 is 12.3. The Morgan fingerprint density at radius 2 is 0.934 bits per heavy atom. The van der Waals surface area contributed by atoms with Crippen LogP contribution in [0, 0.1) is 13.8 Å². The number of morpholine rings is 2. The Morgan fingerprint density at radius 3 is 1.31 bits per heavy atom. The quantitative estimate of drug-likeness (QED) is 0.0545.